The number of pyridine rings is 1. The van der Waals surface area contributed by atoms with Crippen LogP contribution in [0.25, 0.3) is 0 Å². The average Bonchev–Trinajstić information content (AvgIpc) is 2.28. The van der Waals surface area contributed by atoms with Gasteiger partial charge in [-0.05, 0) is 18.6 Å². The Morgan fingerprint density at radius 3 is 3.07 bits per heavy atom. The van der Waals surface area contributed by atoms with Crippen molar-refractivity contribution in [2.45, 2.75) is 26.2 Å². The van der Waals surface area contributed by atoms with Crippen LogP contribution in [0.4, 0.5) is 5.82 Å². The molecule has 4 nitrogen and oxygen atoms in total. The second kappa shape index (κ2) is 6.55. The van der Waals surface area contributed by atoms with Gasteiger partial charge < -0.3 is 0 Å². The van der Waals surface area contributed by atoms with Gasteiger partial charge in [0.05, 0.1) is 18.2 Å². The van der Waals surface area contributed by atoms with E-state index in [4.69, 9.17) is 5.26 Å². The SMILES string of the molecule is CCCC(CC#N)=NNc1ccccn1. The Morgan fingerprint density at radius 1 is 1.60 bits per heavy atom. The summed E-state index contributed by atoms with van der Waals surface area (Å²) in [4.78, 5) is 4.07. The van der Waals surface area contributed by atoms with E-state index in [1.165, 1.54) is 0 Å². The van der Waals surface area contributed by atoms with Gasteiger partial charge in [0, 0.05) is 6.20 Å². The lowest BCUT2D eigenvalue weighted by molar-refractivity contribution is 0.972. The van der Waals surface area contributed by atoms with Crippen molar-refractivity contribution >= 4 is 11.5 Å². The van der Waals surface area contributed by atoms with Crippen LogP contribution >= 0.6 is 0 Å². The molecule has 1 heterocycles. The number of hydrogen-bond acceptors (Lipinski definition) is 4. The number of rotatable bonds is 5. The molecule has 0 saturated heterocycles. The third kappa shape index (κ3) is 4.23. The standard InChI is InChI=1S/C11H14N4/c1-2-5-10(7-8-12)14-15-11-6-3-4-9-13-11/h3-4,6,9H,2,5,7H2,1H3,(H,13,15). The number of hydrogen-bond donors (Lipinski definition) is 1. The summed E-state index contributed by atoms with van der Waals surface area (Å²) >= 11 is 0. The van der Waals surface area contributed by atoms with E-state index < -0.39 is 0 Å². The average molecular weight is 202 g/mol. The van der Waals surface area contributed by atoms with Crippen LogP contribution in [0.15, 0.2) is 29.5 Å². The number of hydrazone groups is 1. The zero-order chi connectivity index (χ0) is 10.9. The molecule has 15 heavy (non-hydrogen) atoms. The number of anilines is 1. The maximum absolute atomic E-state index is 8.59. The lowest BCUT2D eigenvalue weighted by Crippen LogP contribution is -2.01. The summed E-state index contributed by atoms with van der Waals surface area (Å²) in [7, 11) is 0. The Kier molecular flexibility index (Phi) is 4.88. The molecule has 1 N–H and O–H groups in total. The summed E-state index contributed by atoms with van der Waals surface area (Å²) in [6.07, 6.45) is 3.90. The topological polar surface area (TPSA) is 61.1 Å². The maximum Gasteiger partial charge on any atom is 0.146 e. The van der Waals surface area contributed by atoms with Gasteiger partial charge in [0.15, 0.2) is 0 Å². The molecule has 0 fully saturated rings. The van der Waals surface area contributed by atoms with Crippen molar-refractivity contribution in [1.29, 1.82) is 5.26 Å². The summed E-state index contributed by atoms with van der Waals surface area (Å²) in [5.41, 5.74) is 3.71. The fourth-order valence-corrected chi connectivity index (χ4v) is 1.13. The first-order valence-electron chi connectivity index (χ1n) is 4.96. The van der Waals surface area contributed by atoms with Crippen LogP contribution in [0.5, 0.6) is 0 Å². The molecule has 0 aromatic carbocycles. The van der Waals surface area contributed by atoms with Crippen LogP contribution in [0.2, 0.25) is 0 Å². The first-order chi connectivity index (χ1) is 7.36. The molecule has 0 bridgehead atoms. The number of nitrogens with one attached hydrogen (secondary N) is 1. The van der Waals surface area contributed by atoms with Crippen molar-refractivity contribution in [3.8, 4) is 6.07 Å². The normalized spacial score (nSPS) is 10.8. The fraction of sp³-hybridized carbons (Fsp3) is 0.364. The van der Waals surface area contributed by atoms with Crippen LogP contribution < -0.4 is 5.43 Å². The van der Waals surface area contributed by atoms with Crippen molar-refractivity contribution in [1.82, 2.24) is 4.98 Å². The lowest BCUT2D eigenvalue weighted by atomic mass is 10.2. The molecule has 0 aliphatic carbocycles. The van der Waals surface area contributed by atoms with Crippen molar-refractivity contribution in [3.63, 3.8) is 0 Å². The highest BCUT2D eigenvalue weighted by Crippen LogP contribution is 2.02. The molecule has 0 atom stereocenters. The fourth-order valence-electron chi connectivity index (χ4n) is 1.13. The molecule has 4 heteroatoms. The van der Waals surface area contributed by atoms with Gasteiger partial charge >= 0.3 is 0 Å². The molecule has 0 aliphatic rings. The third-order valence-electron chi connectivity index (χ3n) is 1.82. The lowest BCUT2D eigenvalue weighted by Gasteiger charge is -2.02. The van der Waals surface area contributed by atoms with Crippen LogP contribution in [-0.4, -0.2) is 10.7 Å². The zero-order valence-corrected chi connectivity index (χ0v) is 8.77. The van der Waals surface area contributed by atoms with E-state index in [1.54, 1.807) is 6.20 Å². The second-order valence-electron chi connectivity index (χ2n) is 3.09. The van der Waals surface area contributed by atoms with Gasteiger partial charge in [0.25, 0.3) is 0 Å². The van der Waals surface area contributed by atoms with E-state index in [0.29, 0.717) is 12.2 Å². The van der Waals surface area contributed by atoms with Crippen molar-refractivity contribution in [2.75, 3.05) is 5.43 Å². The van der Waals surface area contributed by atoms with Crippen LogP contribution in [0.1, 0.15) is 26.2 Å². The van der Waals surface area contributed by atoms with Gasteiger partial charge in [-0.2, -0.15) is 10.4 Å². The molecule has 0 spiro atoms. The largest absolute Gasteiger partial charge is 0.261 e. The minimum absolute atomic E-state index is 0.369. The van der Waals surface area contributed by atoms with E-state index in [1.807, 2.05) is 18.2 Å². The Bertz CT molecular complexity index is 351. The van der Waals surface area contributed by atoms with E-state index in [2.05, 4.69) is 28.5 Å². The third-order valence-corrected chi connectivity index (χ3v) is 1.82. The van der Waals surface area contributed by atoms with Gasteiger partial charge in [-0.25, -0.2) is 4.98 Å². The first-order valence-corrected chi connectivity index (χ1v) is 4.96. The highest BCUT2D eigenvalue weighted by atomic mass is 15.3. The summed E-state index contributed by atoms with van der Waals surface area (Å²) in [5.74, 6) is 0.698. The summed E-state index contributed by atoms with van der Waals surface area (Å²) < 4.78 is 0. The Balaban J connectivity index is 2.57. The molecule has 0 unspecified atom stereocenters. The molecule has 0 amide bonds. The molecule has 0 saturated carbocycles. The van der Waals surface area contributed by atoms with Gasteiger partial charge in [0.2, 0.25) is 0 Å². The Hall–Kier alpha value is -1.89. The maximum atomic E-state index is 8.59. The highest BCUT2D eigenvalue weighted by Gasteiger charge is 1.97. The van der Waals surface area contributed by atoms with Crippen molar-refractivity contribution in [2.24, 2.45) is 5.10 Å². The zero-order valence-electron chi connectivity index (χ0n) is 8.77. The van der Waals surface area contributed by atoms with Crippen molar-refractivity contribution < 1.29 is 0 Å². The van der Waals surface area contributed by atoms with Gasteiger partial charge in [-0.1, -0.05) is 19.4 Å². The van der Waals surface area contributed by atoms with Gasteiger partial charge in [0.1, 0.15) is 5.82 Å². The highest BCUT2D eigenvalue weighted by molar-refractivity contribution is 5.86. The number of aromatic nitrogens is 1. The first kappa shape index (κ1) is 11.2. The second-order valence-corrected chi connectivity index (χ2v) is 3.09. The van der Waals surface area contributed by atoms with Crippen LogP contribution in [0, 0.1) is 11.3 Å². The summed E-state index contributed by atoms with van der Waals surface area (Å²) in [6, 6.07) is 7.66. The predicted molar refractivity (Wildman–Crippen MR) is 60.4 cm³/mol. The number of nitrogens with zero attached hydrogens (tertiary/aromatic N) is 3. The van der Waals surface area contributed by atoms with Crippen LogP contribution in [0.3, 0.4) is 0 Å². The Morgan fingerprint density at radius 2 is 2.47 bits per heavy atom. The Labute approximate surface area is 89.6 Å². The molecule has 78 valence electrons. The van der Waals surface area contributed by atoms with Crippen molar-refractivity contribution in [3.05, 3.63) is 24.4 Å². The minimum Gasteiger partial charge on any atom is -0.261 e. The van der Waals surface area contributed by atoms with E-state index in [9.17, 15) is 0 Å². The smallest absolute Gasteiger partial charge is 0.146 e. The number of nitriles is 1. The molecule has 1 rings (SSSR count). The molecular formula is C11H14N4. The van der Waals surface area contributed by atoms with E-state index >= 15 is 0 Å². The molecule has 1 aromatic rings. The van der Waals surface area contributed by atoms with Gasteiger partial charge in [-0.15, -0.1) is 0 Å². The summed E-state index contributed by atoms with van der Waals surface area (Å²) in [6.45, 7) is 2.06. The predicted octanol–water partition coefficient (Wildman–Crippen LogP) is 2.56. The van der Waals surface area contributed by atoms with Crippen LogP contribution in [-0.2, 0) is 0 Å². The van der Waals surface area contributed by atoms with Gasteiger partial charge in [-0.3, -0.25) is 5.43 Å². The molecule has 0 radical (unpaired) electrons. The summed E-state index contributed by atoms with van der Waals surface area (Å²) in [5, 5.41) is 12.7. The van der Waals surface area contributed by atoms with E-state index in [-0.39, 0.29) is 0 Å². The minimum atomic E-state index is 0.369. The monoisotopic (exact) mass is 202 g/mol. The molecule has 1 aromatic heterocycles. The molecule has 0 aliphatic heterocycles. The van der Waals surface area contributed by atoms with E-state index in [0.717, 1.165) is 18.6 Å². The molecular weight excluding hydrogens is 188 g/mol. The quantitative estimate of drug-likeness (QED) is 0.589.